The fourth-order valence-electron chi connectivity index (χ4n) is 2.41. The zero-order valence-electron chi connectivity index (χ0n) is 14.9. The van der Waals surface area contributed by atoms with Crippen LogP contribution in [0.1, 0.15) is 42.1 Å². The van der Waals surface area contributed by atoms with Gasteiger partial charge in [0.05, 0.1) is 10.6 Å². The average Bonchev–Trinajstić information content (AvgIpc) is 2.62. The van der Waals surface area contributed by atoms with Gasteiger partial charge < -0.3 is 5.32 Å². The third-order valence-electron chi connectivity index (χ3n) is 3.98. The lowest BCUT2D eigenvalue weighted by Gasteiger charge is -2.12. The van der Waals surface area contributed by atoms with Crippen molar-refractivity contribution in [3.8, 4) is 0 Å². The molecule has 2 N–H and O–H groups in total. The average molecular weight is 395 g/mol. The van der Waals surface area contributed by atoms with Crippen LogP contribution in [-0.4, -0.2) is 20.9 Å². The fraction of sp³-hybridized carbons (Fsp3) is 0.316. The topological polar surface area (TPSA) is 75.3 Å². The van der Waals surface area contributed by atoms with Crippen LogP contribution >= 0.6 is 11.6 Å². The van der Waals surface area contributed by atoms with Crippen molar-refractivity contribution in [2.45, 2.75) is 38.0 Å². The maximum absolute atomic E-state index is 12.7. The Balaban J connectivity index is 2.17. The van der Waals surface area contributed by atoms with Crippen molar-refractivity contribution < 1.29 is 13.2 Å². The minimum Gasteiger partial charge on any atom is -0.352 e. The summed E-state index contributed by atoms with van der Waals surface area (Å²) >= 11 is 6.04. The molecule has 0 bridgehead atoms. The third kappa shape index (κ3) is 5.22. The molecule has 7 heteroatoms. The number of carbonyl (C=O) groups excluding carboxylic acids is 1. The van der Waals surface area contributed by atoms with Crippen LogP contribution in [-0.2, 0) is 10.0 Å². The van der Waals surface area contributed by atoms with Crippen LogP contribution in [0.3, 0.4) is 0 Å². The first-order valence-corrected chi connectivity index (χ1v) is 10.4. The second kappa shape index (κ2) is 9.05. The molecular formula is C19H23ClN2O3S. The Labute approximate surface area is 159 Å². The summed E-state index contributed by atoms with van der Waals surface area (Å²) in [5.41, 5.74) is 1.36. The van der Waals surface area contributed by atoms with E-state index in [4.69, 9.17) is 11.6 Å². The smallest absolute Gasteiger partial charge is 0.261 e. The van der Waals surface area contributed by atoms with Crippen LogP contribution in [0.15, 0.2) is 47.4 Å². The summed E-state index contributed by atoms with van der Waals surface area (Å²) in [4.78, 5) is 12.2. The van der Waals surface area contributed by atoms with E-state index in [1.807, 2.05) is 0 Å². The highest BCUT2D eigenvalue weighted by Crippen LogP contribution is 2.25. The lowest BCUT2D eigenvalue weighted by Crippen LogP contribution is -2.24. The molecule has 0 radical (unpaired) electrons. The second-order valence-electron chi connectivity index (χ2n) is 6.01. The van der Waals surface area contributed by atoms with E-state index < -0.39 is 10.0 Å². The van der Waals surface area contributed by atoms with Crippen molar-refractivity contribution in [2.24, 2.45) is 0 Å². The van der Waals surface area contributed by atoms with E-state index in [-0.39, 0.29) is 10.8 Å². The highest BCUT2D eigenvalue weighted by molar-refractivity contribution is 7.92. The number of amides is 1. The summed E-state index contributed by atoms with van der Waals surface area (Å²) in [7, 11) is -3.83. The maximum atomic E-state index is 12.7. The summed E-state index contributed by atoms with van der Waals surface area (Å²) in [6.07, 6.45) is 3.01. The molecular weight excluding hydrogens is 372 g/mol. The summed E-state index contributed by atoms with van der Waals surface area (Å²) < 4.78 is 27.8. The molecule has 0 heterocycles. The van der Waals surface area contributed by atoms with Gasteiger partial charge in [-0.25, -0.2) is 8.42 Å². The Morgan fingerprint density at radius 2 is 1.85 bits per heavy atom. The van der Waals surface area contributed by atoms with Crippen LogP contribution in [0.4, 0.5) is 5.69 Å². The van der Waals surface area contributed by atoms with Gasteiger partial charge in [-0.2, -0.15) is 0 Å². The van der Waals surface area contributed by atoms with E-state index in [0.717, 1.165) is 19.3 Å². The Morgan fingerprint density at radius 1 is 1.12 bits per heavy atom. The molecule has 2 rings (SSSR count). The van der Waals surface area contributed by atoms with Crippen molar-refractivity contribution in [2.75, 3.05) is 11.3 Å². The second-order valence-corrected chi connectivity index (χ2v) is 8.10. The van der Waals surface area contributed by atoms with E-state index in [1.165, 1.54) is 12.1 Å². The first-order valence-electron chi connectivity index (χ1n) is 8.51. The van der Waals surface area contributed by atoms with Crippen LogP contribution in [0.2, 0.25) is 5.02 Å². The van der Waals surface area contributed by atoms with E-state index in [2.05, 4.69) is 17.0 Å². The molecule has 0 aliphatic carbocycles. The number of halogens is 1. The van der Waals surface area contributed by atoms with E-state index in [1.54, 1.807) is 37.3 Å². The number of hydrogen-bond donors (Lipinski definition) is 2. The number of unbranched alkanes of at least 4 members (excludes halogenated alkanes) is 2. The molecule has 0 saturated carbocycles. The van der Waals surface area contributed by atoms with Gasteiger partial charge in [0.2, 0.25) is 0 Å². The van der Waals surface area contributed by atoms with Gasteiger partial charge in [0.25, 0.3) is 15.9 Å². The van der Waals surface area contributed by atoms with Crippen molar-refractivity contribution in [3.63, 3.8) is 0 Å². The van der Waals surface area contributed by atoms with Gasteiger partial charge in [-0.1, -0.05) is 43.5 Å². The summed E-state index contributed by atoms with van der Waals surface area (Å²) in [5, 5.41) is 3.28. The van der Waals surface area contributed by atoms with E-state index >= 15 is 0 Å². The minimum atomic E-state index is -3.83. The van der Waals surface area contributed by atoms with Crippen LogP contribution in [0.5, 0.6) is 0 Å². The number of nitrogens with one attached hydrogen (secondary N) is 2. The number of hydrogen-bond acceptors (Lipinski definition) is 3. The largest absolute Gasteiger partial charge is 0.352 e. The predicted molar refractivity (Wildman–Crippen MR) is 105 cm³/mol. The zero-order valence-corrected chi connectivity index (χ0v) is 16.5. The van der Waals surface area contributed by atoms with Crippen molar-refractivity contribution in [1.82, 2.24) is 5.32 Å². The SMILES string of the molecule is CCCCCNC(=O)c1cccc(S(=O)(=O)Nc2cccc(Cl)c2C)c1. The molecule has 0 atom stereocenters. The molecule has 0 spiro atoms. The maximum Gasteiger partial charge on any atom is 0.261 e. The van der Waals surface area contributed by atoms with Gasteiger partial charge in [0.1, 0.15) is 0 Å². The molecule has 0 aliphatic rings. The molecule has 0 aliphatic heterocycles. The molecule has 0 aromatic heterocycles. The molecule has 5 nitrogen and oxygen atoms in total. The van der Waals surface area contributed by atoms with E-state index in [9.17, 15) is 13.2 Å². The normalized spacial score (nSPS) is 11.2. The number of anilines is 1. The van der Waals surface area contributed by atoms with Gasteiger partial charge in [-0.15, -0.1) is 0 Å². The van der Waals surface area contributed by atoms with E-state index in [0.29, 0.717) is 28.4 Å². The predicted octanol–water partition coefficient (Wildman–Crippen LogP) is 4.37. The summed E-state index contributed by atoms with van der Waals surface area (Å²) in [6.45, 7) is 4.40. The number of carbonyl (C=O) groups is 1. The zero-order chi connectivity index (χ0) is 19.2. The Bertz CT molecular complexity index is 882. The molecule has 2 aromatic carbocycles. The molecule has 0 unspecified atom stereocenters. The lowest BCUT2D eigenvalue weighted by atomic mass is 10.2. The van der Waals surface area contributed by atoms with Gasteiger partial charge in [0, 0.05) is 17.1 Å². The molecule has 140 valence electrons. The van der Waals surface area contributed by atoms with Crippen LogP contribution in [0, 0.1) is 6.92 Å². The molecule has 0 saturated heterocycles. The fourth-order valence-corrected chi connectivity index (χ4v) is 3.75. The molecule has 1 amide bonds. The van der Waals surface area contributed by atoms with Gasteiger partial charge >= 0.3 is 0 Å². The Morgan fingerprint density at radius 3 is 2.58 bits per heavy atom. The molecule has 2 aromatic rings. The van der Waals surface area contributed by atoms with Crippen molar-refractivity contribution >= 4 is 33.2 Å². The monoisotopic (exact) mass is 394 g/mol. The van der Waals surface area contributed by atoms with Gasteiger partial charge in [0.15, 0.2) is 0 Å². The first kappa shape index (κ1) is 20.3. The van der Waals surface area contributed by atoms with Gasteiger partial charge in [-0.3, -0.25) is 9.52 Å². The molecule has 26 heavy (non-hydrogen) atoms. The number of benzene rings is 2. The summed E-state index contributed by atoms with van der Waals surface area (Å²) in [6, 6.07) is 11.0. The minimum absolute atomic E-state index is 0.0260. The van der Waals surface area contributed by atoms with Crippen LogP contribution < -0.4 is 10.0 Å². The highest BCUT2D eigenvalue weighted by atomic mass is 35.5. The van der Waals surface area contributed by atoms with Crippen molar-refractivity contribution in [3.05, 3.63) is 58.6 Å². The quantitative estimate of drug-likeness (QED) is 0.653. The third-order valence-corrected chi connectivity index (χ3v) is 5.76. The standard InChI is InChI=1S/C19H23ClN2O3S/c1-3-4-5-12-21-19(23)15-8-6-9-16(13-15)26(24,25)22-18-11-7-10-17(20)14(18)2/h6-11,13,22H,3-5,12H2,1-2H3,(H,21,23). The Hall–Kier alpha value is -2.05. The molecule has 0 fully saturated rings. The van der Waals surface area contributed by atoms with Gasteiger partial charge in [-0.05, 0) is 49.2 Å². The summed E-state index contributed by atoms with van der Waals surface area (Å²) in [5.74, 6) is -0.280. The first-order chi connectivity index (χ1) is 12.3. The number of rotatable bonds is 8. The van der Waals surface area contributed by atoms with Crippen molar-refractivity contribution in [1.29, 1.82) is 0 Å². The highest BCUT2D eigenvalue weighted by Gasteiger charge is 2.17. The Kier molecular flexibility index (Phi) is 7.06. The number of sulfonamides is 1. The van der Waals surface area contributed by atoms with Crippen LogP contribution in [0.25, 0.3) is 0 Å². The lowest BCUT2D eigenvalue weighted by molar-refractivity contribution is 0.0952.